The highest BCUT2D eigenvalue weighted by molar-refractivity contribution is 6.04. The fraction of sp³-hybridized carbons (Fsp3) is 0.385. The van der Waals surface area contributed by atoms with Gasteiger partial charge in [-0.3, -0.25) is 14.9 Å². The molecule has 9 nitrogen and oxygen atoms in total. The highest BCUT2D eigenvalue weighted by Gasteiger charge is 2.34. The fourth-order valence-electron chi connectivity index (χ4n) is 4.12. The van der Waals surface area contributed by atoms with E-state index in [9.17, 15) is 19.2 Å². The van der Waals surface area contributed by atoms with Crippen molar-refractivity contribution in [2.45, 2.75) is 45.2 Å². The standard InChI is InChI=1S/C26H30N2O7/c1-4-34-25(32)23(24(31)27-21(15(2)3)13-22(29)30)28-26(33)35-14-20-18-11-7-5-9-16(18)17-10-6-8-12-19(17)20/h5-12,15,20-21,23H,4,13-14H2,1-3H3,(H,27,31)(H,28,33)(H,29,30)/t21-,23?/m1/s1. The summed E-state index contributed by atoms with van der Waals surface area (Å²) in [5, 5.41) is 13.9. The van der Waals surface area contributed by atoms with Crippen molar-refractivity contribution in [3.63, 3.8) is 0 Å². The van der Waals surface area contributed by atoms with Gasteiger partial charge in [-0.05, 0) is 35.1 Å². The minimum atomic E-state index is -1.68. The number of fused-ring (bicyclic) bond motifs is 3. The molecule has 0 saturated carbocycles. The summed E-state index contributed by atoms with van der Waals surface area (Å²) in [7, 11) is 0. The van der Waals surface area contributed by atoms with E-state index in [-0.39, 0.29) is 31.5 Å². The third-order valence-corrected chi connectivity index (χ3v) is 5.92. The van der Waals surface area contributed by atoms with E-state index in [4.69, 9.17) is 14.6 Å². The molecular weight excluding hydrogens is 452 g/mol. The quantitative estimate of drug-likeness (QED) is 0.350. The van der Waals surface area contributed by atoms with Crippen LogP contribution in [0.3, 0.4) is 0 Å². The van der Waals surface area contributed by atoms with E-state index in [0.29, 0.717) is 0 Å². The normalized spacial score (nSPS) is 13.8. The van der Waals surface area contributed by atoms with E-state index < -0.39 is 36.0 Å². The number of carbonyl (C=O) groups is 4. The number of carboxylic acids is 1. The Hall–Kier alpha value is -3.88. The van der Waals surface area contributed by atoms with Gasteiger partial charge in [0.05, 0.1) is 13.0 Å². The summed E-state index contributed by atoms with van der Waals surface area (Å²) in [5.74, 6) is -3.33. The third kappa shape index (κ3) is 6.17. The molecule has 1 unspecified atom stereocenters. The summed E-state index contributed by atoms with van der Waals surface area (Å²) in [6.45, 7) is 5.06. The SMILES string of the molecule is CCOC(=O)C(NC(=O)OCC1c2ccccc2-c2ccccc21)C(=O)N[C@H](CC(=O)O)C(C)C. The van der Waals surface area contributed by atoms with Crippen molar-refractivity contribution in [2.24, 2.45) is 5.92 Å². The van der Waals surface area contributed by atoms with Crippen molar-refractivity contribution in [3.8, 4) is 11.1 Å². The predicted octanol–water partition coefficient (Wildman–Crippen LogP) is 3.07. The summed E-state index contributed by atoms with van der Waals surface area (Å²) < 4.78 is 10.4. The number of rotatable bonds is 10. The molecule has 1 aliphatic carbocycles. The molecule has 9 heteroatoms. The van der Waals surface area contributed by atoms with Gasteiger partial charge in [0.2, 0.25) is 6.04 Å². The van der Waals surface area contributed by atoms with E-state index in [1.165, 1.54) is 0 Å². The van der Waals surface area contributed by atoms with Gasteiger partial charge >= 0.3 is 18.0 Å². The highest BCUT2D eigenvalue weighted by Crippen LogP contribution is 2.44. The Balaban J connectivity index is 1.70. The Morgan fingerprint density at radius 2 is 1.49 bits per heavy atom. The van der Waals surface area contributed by atoms with Crippen molar-refractivity contribution in [1.29, 1.82) is 0 Å². The van der Waals surface area contributed by atoms with Crippen LogP contribution in [0.1, 0.15) is 44.2 Å². The molecule has 2 aromatic carbocycles. The summed E-state index contributed by atoms with van der Waals surface area (Å²) in [4.78, 5) is 49.0. The topological polar surface area (TPSA) is 131 Å². The van der Waals surface area contributed by atoms with Crippen LogP contribution < -0.4 is 10.6 Å². The van der Waals surface area contributed by atoms with Gasteiger partial charge in [-0.15, -0.1) is 0 Å². The Kier molecular flexibility index (Phi) is 8.46. The number of aliphatic carboxylic acids is 1. The molecule has 3 rings (SSSR count). The van der Waals surface area contributed by atoms with Crippen molar-refractivity contribution in [2.75, 3.05) is 13.2 Å². The molecule has 0 spiro atoms. The van der Waals surface area contributed by atoms with Crippen molar-refractivity contribution >= 4 is 23.9 Å². The molecule has 2 amide bonds. The molecule has 2 atom stereocenters. The van der Waals surface area contributed by atoms with E-state index in [1.54, 1.807) is 20.8 Å². The van der Waals surface area contributed by atoms with Crippen LogP contribution in [0.25, 0.3) is 11.1 Å². The number of carboxylic acid groups (broad SMARTS) is 1. The zero-order chi connectivity index (χ0) is 25.5. The molecule has 35 heavy (non-hydrogen) atoms. The number of hydrogen-bond donors (Lipinski definition) is 3. The first-order valence-electron chi connectivity index (χ1n) is 11.5. The van der Waals surface area contributed by atoms with Crippen molar-refractivity contribution in [1.82, 2.24) is 10.6 Å². The molecule has 186 valence electrons. The molecule has 0 fully saturated rings. The summed E-state index contributed by atoms with van der Waals surface area (Å²) in [5.41, 5.74) is 4.18. The maximum absolute atomic E-state index is 12.8. The second-order valence-electron chi connectivity index (χ2n) is 8.61. The molecule has 0 radical (unpaired) electrons. The number of hydrogen-bond acceptors (Lipinski definition) is 6. The van der Waals surface area contributed by atoms with Gasteiger partial charge in [-0.2, -0.15) is 0 Å². The lowest BCUT2D eigenvalue weighted by molar-refractivity contribution is -0.149. The van der Waals surface area contributed by atoms with Crippen LogP contribution in [0, 0.1) is 5.92 Å². The van der Waals surface area contributed by atoms with Crippen LogP contribution in [-0.4, -0.2) is 54.3 Å². The zero-order valence-corrected chi connectivity index (χ0v) is 19.9. The Labute approximate surface area is 203 Å². The first kappa shape index (κ1) is 25.7. The molecule has 0 aliphatic heterocycles. The monoisotopic (exact) mass is 482 g/mol. The maximum atomic E-state index is 12.8. The van der Waals surface area contributed by atoms with Crippen molar-refractivity contribution < 1.29 is 33.8 Å². The van der Waals surface area contributed by atoms with Gasteiger partial charge in [0, 0.05) is 12.0 Å². The Morgan fingerprint density at radius 3 is 2.00 bits per heavy atom. The van der Waals surface area contributed by atoms with E-state index >= 15 is 0 Å². The number of ether oxygens (including phenoxy) is 2. The van der Waals surface area contributed by atoms with Gasteiger partial charge in [-0.1, -0.05) is 62.4 Å². The van der Waals surface area contributed by atoms with Gasteiger partial charge in [0.25, 0.3) is 5.91 Å². The molecule has 0 saturated heterocycles. The van der Waals surface area contributed by atoms with E-state index in [1.807, 2.05) is 48.5 Å². The number of benzene rings is 2. The lowest BCUT2D eigenvalue weighted by Gasteiger charge is -2.24. The molecule has 0 bridgehead atoms. The fourth-order valence-corrected chi connectivity index (χ4v) is 4.12. The average Bonchev–Trinajstić information content (AvgIpc) is 3.14. The van der Waals surface area contributed by atoms with E-state index in [0.717, 1.165) is 22.3 Å². The van der Waals surface area contributed by atoms with Crippen molar-refractivity contribution in [3.05, 3.63) is 59.7 Å². The van der Waals surface area contributed by atoms with Crippen LogP contribution in [0.2, 0.25) is 0 Å². The van der Waals surface area contributed by atoms with Crippen LogP contribution >= 0.6 is 0 Å². The van der Waals surface area contributed by atoms with Crippen LogP contribution in [0.5, 0.6) is 0 Å². The molecule has 2 aromatic rings. The van der Waals surface area contributed by atoms with Gasteiger partial charge in [0.1, 0.15) is 6.61 Å². The number of alkyl carbamates (subject to hydrolysis) is 1. The van der Waals surface area contributed by atoms with Crippen LogP contribution in [0.4, 0.5) is 4.79 Å². The minimum Gasteiger partial charge on any atom is -0.481 e. The number of esters is 1. The molecule has 3 N–H and O–H groups in total. The van der Waals surface area contributed by atoms with Gasteiger partial charge < -0.3 is 19.9 Å². The Bertz CT molecular complexity index is 1050. The molecular formula is C26H30N2O7. The minimum absolute atomic E-state index is 0.00226. The second-order valence-corrected chi connectivity index (χ2v) is 8.61. The molecule has 0 aromatic heterocycles. The number of carbonyl (C=O) groups excluding carboxylic acids is 3. The molecule has 0 heterocycles. The Morgan fingerprint density at radius 1 is 0.914 bits per heavy atom. The third-order valence-electron chi connectivity index (χ3n) is 5.92. The first-order chi connectivity index (χ1) is 16.7. The zero-order valence-electron chi connectivity index (χ0n) is 19.9. The maximum Gasteiger partial charge on any atom is 0.408 e. The van der Waals surface area contributed by atoms with Gasteiger partial charge in [-0.25, -0.2) is 9.59 Å². The smallest absolute Gasteiger partial charge is 0.408 e. The number of amides is 2. The first-order valence-corrected chi connectivity index (χ1v) is 11.5. The summed E-state index contributed by atoms with van der Waals surface area (Å²) in [6, 6.07) is 13.3. The van der Waals surface area contributed by atoms with Gasteiger partial charge in [0.15, 0.2) is 0 Å². The second kappa shape index (κ2) is 11.5. The lowest BCUT2D eigenvalue weighted by atomic mass is 9.98. The van der Waals surface area contributed by atoms with E-state index in [2.05, 4.69) is 10.6 Å². The van der Waals surface area contributed by atoms with Crippen LogP contribution in [-0.2, 0) is 23.9 Å². The summed E-state index contributed by atoms with van der Waals surface area (Å²) >= 11 is 0. The largest absolute Gasteiger partial charge is 0.481 e. The van der Waals surface area contributed by atoms with Crippen LogP contribution in [0.15, 0.2) is 48.5 Å². The summed E-state index contributed by atoms with van der Waals surface area (Å²) in [6.07, 6.45) is -1.29. The molecule has 1 aliphatic rings. The predicted molar refractivity (Wildman–Crippen MR) is 128 cm³/mol. The average molecular weight is 483 g/mol. The highest BCUT2D eigenvalue weighted by atomic mass is 16.6. The number of nitrogens with one attached hydrogen (secondary N) is 2. The lowest BCUT2D eigenvalue weighted by Crippen LogP contribution is -2.55.